The van der Waals surface area contributed by atoms with Crippen LogP contribution in [0.5, 0.6) is 5.75 Å². The molecule has 2 aromatic rings. The lowest BCUT2D eigenvalue weighted by Gasteiger charge is -2.34. The van der Waals surface area contributed by atoms with Crippen molar-refractivity contribution < 1.29 is 9.53 Å². The highest BCUT2D eigenvalue weighted by Crippen LogP contribution is 2.29. The Bertz CT molecular complexity index is 865. The third-order valence-corrected chi connectivity index (χ3v) is 6.14. The molecule has 1 aromatic carbocycles. The number of fused-ring (bicyclic) bond motifs is 2. The summed E-state index contributed by atoms with van der Waals surface area (Å²) >= 11 is 1.31. The normalized spacial score (nSPS) is 19.4. The minimum atomic E-state index is 0.0923. The first-order chi connectivity index (χ1) is 12.8. The van der Waals surface area contributed by atoms with Crippen molar-refractivity contribution in [1.82, 2.24) is 14.9 Å². The lowest BCUT2D eigenvalue weighted by Crippen LogP contribution is -2.46. The molecule has 6 nitrogen and oxygen atoms in total. The number of nitrogens with zero attached hydrogens (tertiary/aromatic N) is 4. The number of anilines is 1. The lowest BCUT2D eigenvalue weighted by atomic mass is 10.1. The van der Waals surface area contributed by atoms with Crippen LogP contribution in [-0.2, 0) is 18.7 Å². The highest BCUT2D eigenvalue weighted by atomic mass is 32.2. The number of piperazine rings is 1. The standard InChI is InChI=1S/C19H20N4O2S/c24-18-15-10-20-19(21-16(15)12-26-18)23-6-4-22(5-7-23)11-13-1-2-14-3-8-25-17(14)9-13/h1-2,9-10H,3-8,11-12H2. The fraction of sp³-hybridized carbons (Fsp3) is 0.421. The molecule has 0 atom stereocenters. The summed E-state index contributed by atoms with van der Waals surface area (Å²) in [5.41, 5.74) is 4.19. The van der Waals surface area contributed by atoms with Gasteiger partial charge in [-0.15, -0.1) is 0 Å². The molecule has 134 valence electrons. The quantitative estimate of drug-likeness (QED) is 0.822. The van der Waals surface area contributed by atoms with Crippen LogP contribution < -0.4 is 9.64 Å². The van der Waals surface area contributed by atoms with Gasteiger partial charge in [-0.05, 0) is 17.2 Å². The Morgan fingerprint density at radius 1 is 1.19 bits per heavy atom. The van der Waals surface area contributed by atoms with Gasteiger partial charge in [-0.2, -0.15) is 0 Å². The molecule has 1 aromatic heterocycles. The van der Waals surface area contributed by atoms with Gasteiger partial charge in [0.2, 0.25) is 11.1 Å². The van der Waals surface area contributed by atoms with Crippen molar-refractivity contribution in [2.75, 3.05) is 37.7 Å². The van der Waals surface area contributed by atoms with E-state index >= 15 is 0 Å². The van der Waals surface area contributed by atoms with Gasteiger partial charge in [-0.3, -0.25) is 9.69 Å². The number of carbonyl (C=O) groups excluding carboxylic acids is 1. The van der Waals surface area contributed by atoms with E-state index in [0.29, 0.717) is 11.3 Å². The zero-order chi connectivity index (χ0) is 17.5. The van der Waals surface area contributed by atoms with Gasteiger partial charge in [0, 0.05) is 51.1 Å². The summed E-state index contributed by atoms with van der Waals surface area (Å²) in [5, 5.41) is 0.0923. The number of benzene rings is 1. The number of rotatable bonds is 3. The van der Waals surface area contributed by atoms with E-state index < -0.39 is 0 Å². The summed E-state index contributed by atoms with van der Waals surface area (Å²) in [7, 11) is 0. The third kappa shape index (κ3) is 2.95. The van der Waals surface area contributed by atoms with E-state index in [0.717, 1.165) is 63.1 Å². The van der Waals surface area contributed by atoms with E-state index in [2.05, 4.69) is 38.0 Å². The maximum atomic E-state index is 11.7. The molecule has 1 saturated heterocycles. The van der Waals surface area contributed by atoms with Crippen molar-refractivity contribution in [2.24, 2.45) is 0 Å². The molecule has 0 spiro atoms. The van der Waals surface area contributed by atoms with Gasteiger partial charge in [0.1, 0.15) is 5.75 Å². The number of carbonyl (C=O) groups is 1. The lowest BCUT2D eigenvalue weighted by molar-refractivity contribution is 0.109. The predicted octanol–water partition coefficient (Wildman–Crippen LogP) is 2.12. The molecule has 26 heavy (non-hydrogen) atoms. The Kier molecular flexibility index (Phi) is 4.05. The van der Waals surface area contributed by atoms with E-state index in [1.807, 2.05) is 0 Å². The Hall–Kier alpha value is -2.12. The molecule has 0 amide bonds. The van der Waals surface area contributed by atoms with E-state index in [9.17, 15) is 4.79 Å². The van der Waals surface area contributed by atoms with E-state index in [4.69, 9.17) is 4.74 Å². The van der Waals surface area contributed by atoms with Gasteiger partial charge < -0.3 is 9.64 Å². The van der Waals surface area contributed by atoms with Crippen LogP contribution in [-0.4, -0.2) is 52.8 Å². The van der Waals surface area contributed by atoms with E-state index in [1.165, 1.54) is 22.9 Å². The number of hydrogen-bond acceptors (Lipinski definition) is 7. The van der Waals surface area contributed by atoms with Crippen LogP contribution in [0.2, 0.25) is 0 Å². The molecular formula is C19H20N4O2S. The molecule has 7 heteroatoms. The average molecular weight is 368 g/mol. The first-order valence-electron chi connectivity index (χ1n) is 9.01. The number of aromatic nitrogens is 2. The Labute approximate surface area is 156 Å². The SMILES string of the molecule is O=C1SCc2nc(N3CCN(Cc4ccc5c(c4)OCC5)CC3)ncc21. The Morgan fingerprint density at radius 3 is 2.96 bits per heavy atom. The molecule has 4 heterocycles. The van der Waals surface area contributed by atoms with Crippen LogP contribution in [0.25, 0.3) is 0 Å². The minimum absolute atomic E-state index is 0.0923. The summed E-state index contributed by atoms with van der Waals surface area (Å²) in [4.78, 5) is 25.4. The molecule has 0 bridgehead atoms. The van der Waals surface area contributed by atoms with Crippen LogP contribution in [0, 0.1) is 0 Å². The van der Waals surface area contributed by atoms with Gasteiger partial charge in [0.05, 0.1) is 17.9 Å². The summed E-state index contributed by atoms with van der Waals surface area (Å²) in [6, 6.07) is 6.61. The van der Waals surface area contributed by atoms with Crippen molar-refractivity contribution >= 4 is 22.8 Å². The molecule has 0 saturated carbocycles. The van der Waals surface area contributed by atoms with Crippen LogP contribution in [0.4, 0.5) is 5.95 Å². The molecular weight excluding hydrogens is 348 g/mol. The van der Waals surface area contributed by atoms with Crippen molar-refractivity contribution in [3.8, 4) is 5.75 Å². The fourth-order valence-corrected chi connectivity index (χ4v) is 4.54. The summed E-state index contributed by atoms with van der Waals surface area (Å²) < 4.78 is 5.68. The molecule has 1 fully saturated rings. The summed E-state index contributed by atoms with van der Waals surface area (Å²) in [6.45, 7) is 5.52. The monoisotopic (exact) mass is 368 g/mol. The molecule has 0 unspecified atom stereocenters. The van der Waals surface area contributed by atoms with Crippen LogP contribution in [0.15, 0.2) is 24.4 Å². The highest BCUT2D eigenvalue weighted by Gasteiger charge is 2.25. The zero-order valence-corrected chi connectivity index (χ0v) is 15.3. The molecule has 0 aliphatic carbocycles. The largest absolute Gasteiger partial charge is 0.493 e. The zero-order valence-electron chi connectivity index (χ0n) is 14.5. The van der Waals surface area contributed by atoms with Crippen molar-refractivity contribution in [2.45, 2.75) is 18.7 Å². The number of hydrogen-bond donors (Lipinski definition) is 0. The van der Waals surface area contributed by atoms with Crippen LogP contribution in [0.3, 0.4) is 0 Å². The molecule has 0 radical (unpaired) electrons. The maximum absolute atomic E-state index is 11.7. The van der Waals surface area contributed by atoms with Gasteiger partial charge >= 0.3 is 0 Å². The minimum Gasteiger partial charge on any atom is -0.493 e. The van der Waals surface area contributed by atoms with Crippen LogP contribution in [0.1, 0.15) is 27.2 Å². The van der Waals surface area contributed by atoms with E-state index in [-0.39, 0.29) is 5.12 Å². The van der Waals surface area contributed by atoms with Crippen molar-refractivity contribution in [1.29, 1.82) is 0 Å². The molecule has 5 rings (SSSR count). The topological polar surface area (TPSA) is 58.6 Å². The van der Waals surface area contributed by atoms with E-state index in [1.54, 1.807) is 6.20 Å². The van der Waals surface area contributed by atoms with Gasteiger partial charge in [0.25, 0.3) is 0 Å². The molecule has 3 aliphatic rings. The number of ether oxygens (including phenoxy) is 1. The molecule has 0 N–H and O–H groups in total. The third-order valence-electron chi connectivity index (χ3n) is 5.24. The second kappa shape index (κ2) is 6.55. The summed E-state index contributed by atoms with van der Waals surface area (Å²) in [5.74, 6) is 2.48. The van der Waals surface area contributed by atoms with Gasteiger partial charge in [-0.1, -0.05) is 23.9 Å². The van der Waals surface area contributed by atoms with Gasteiger partial charge in [-0.25, -0.2) is 9.97 Å². The van der Waals surface area contributed by atoms with Gasteiger partial charge in [0.15, 0.2) is 0 Å². The second-order valence-corrected chi connectivity index (χ2v) is 7.86. The average Bonchev–Trinajstić information content (AvgIpc) is 3.28. The predicted molar refractivity (Wildman–Crippen MR) is 101 cm³/mol. The number of thioether (sulfide) groups is 1. The highest BCUT2D eigenvalue weighted by molar-refractivity contribution is 8.13. The maximum Gasteiger partial charge on any atom is 0.225 e. The second-order valence-electron chi connectivity index (χ2n) is 6.91. The first kappa shape index (κ1) is 16.1. The van der Waals surface area contributed by atoms with Crippen LogP contribution >= 0.6 is 11.8 Å². The Morgan fingerprint density at radius 2 is 2.08 bits per heavy atom. The Balaban J connectivity index is 1.22. The van der Waals surface area contributed by atoms with Crippen molar-refractivity contribution in [3.63, 3.8) is 0 Å². The first-order valence-corrected chi connectivity index (χ1v) is 10.00. The smallest absolute Gasteiger partial charge is 0.225 e. The summed E-state index contributed by atoms with van der Waals surface area (Å²) in [6.07, 6.45) is 2.72. The molecule has 3 aliphatic heterocycles. The van der Waals surface area contributed by atoms with Crippen molar-refractivity contribution in [3.05, 3.63) is 46.8 Å². The fourth-order valence-electron chi connectivity index (χ4n) is 3.72.